The predicted molar refractivity (Wildman–Crippen MR) is 34.6 cm³/mol. The molecule has 0 rings (SSSR count). The van der Waals surface area contributed by atoms with E-state index in [0.29, 0.717) is 0 Å². The molecule has 0 aromatic carbocycles. The van der Waals surface area contributed by atoms with Gasteiger partial charge >= 0.3 is 0 Å². The topological polar surface area (TPSA) is 63.3 Å². The van der Waals surface area contributed by atoms with E-state index in [1.165, 1.54) is 6.92 Å². The second kappa shape index (κ2) is 3.99. The molecule has 0 aromatic rings. The Kier molecular flexibility index (Phi) is 4.02. The van der Waals surface area contributed by atoms with Crippen molar-refractivity contribution in [3.8, 4) is 0 Å². The molecule has 0 amide bonds. The molecule has 56 valence electrons. The smallest absolute Gasteiger partial charge is 0.194 e. The third-order valence-electron chi connectivity index (χ3n) is 1.16. The average molecular weight is 155 g/mol. The van der Waals surface area contributed by atoms with E-state index >= 15 is 0 Å². The van der Waals surface area contributed by atoms with Gasteiger partial charge in [0.25, 0.3) is 0 Å². The van der Waals surface area contributed by atoms with E-state index < -0.39 is 19.9 Å². The molecular weight excluding hydrogens is 144 g/mol. The lowest BCUT2D eigenvalue weighted by molar-refractivity contribution is 0.325. The fourth-order valence-electron chi connectivity index (χ4n) is 0.359. The molecule has 0 bridgehead atoms. The van der Waals surface area contributed by atoms with Gasteiger partial charge in [0.2, 0.25) is 0 Å². The number of alkyl halides is 1. The average Bonchev–Trinajstić information content (AvgIpc) is 1.84. The largest absolute Gasteiger partial charge is 0.346 e. The van der Waals surface area contributed by atoms with Crippen molar-refractivity contribution in [2.75, 3.05) is 6.54 Å². The van der Waals surface area contributed by atoms with E-state index in [0.717, 1.165) is 0 Å². The number of halogens is 1. The molecule has 0 saturated carbocycles. The SMILES string of the molecule is CC(C(F)CN)[PH](=O)O. The quantitative estimate of drug-likeness (QED) is 0.570. The lowest BCUT2D eigenvalue weighted by Gasteiger charge is -2.09. The summed E-state index contributed by atoms with van der Waals surface area (Å²) in [6.07, 6.45) is -1.35. The lowest BCUT2D eigenvalue weighted by atomic mass is 10.3. The van der Waals surface area contributed by atoms with Crippen LogP contribution >= 0.6 is 8.03 Å². The molecule has 0 saturated heterocycles. The number of hydrogen-bond acceptors (Lipinski definition) is 2. The standard InChI is InChI=1S/C4H11FNO2P/c1-3(9(7)8)4(5)2-6/h3-4,9H,2,6H2,1H3,(H,7,8). The zero-order valence-corrected chi connectivity index (χ0v) is 6.17. The zero-order chi connectivity index (χ0) is 7.44. The Hall–Kier alpha value is 0.0800. The Morgan fingerprint density at radius 1 is 1.89 bits per heavy atom. The van der Waals surface area contributed by atoms with Crippen molar-refractivity contribution < 1.29 is 13.8 Å². The van der Waals surface area contributed by atoms with E-state index in [9.17, 15) is 8.96 Å². The molecule has 9 heavy (non-hydrogen) atoms. The molecule has 3 N–H and O–H groups in total. The van der Waals surface area contributed by atoms with Gasteiger partial charge in [-0.05, 0) is 0 Å². The molecule has 0 aliphatic heterocycles. The maximum Gasteiger partial charge on any atom is 0.194 e. The molecule has 0 aliphatic rings. The summed E-state index contributed by atoms with van der Waals surface area (Å²) < 4.78 is 22.5. The first kappa shape index (κ1) is 9.08. The molecule has 3 nitrogen and oxygen atoms in total. The molecular formula is C4H11FNO2P. The Balaban J connectivity index is 3.72. The first-order valence-corrected chi connectivity index (χ1v) is 4.09. The highest BCUT2D eigenvalue weighted by Gasteiger charge is 2.18. The van der Waals surface area contributed by atoms with Gasteiger partial charge in [-0.15, -0.1) is 0 Å². The van der Waals surface area contributed by atoms with Crippen LogP contribution in [0.4, 0.5) is 4.39 Å². The minimum absolute atomic E-state index is 0.182. The fraction of sp³-hybridized carbons (Fsp3) is 1.00. The van der Waals surface area contributed by atoms with Gasteiger partial charge in [0, 0.05) is 6.54 Å². The van der Waals surface area contributed by atoms with E-state index in [2.05, 4.69) is 0 Å². The second-order valence-corrected chi connectivity index (χ2v) is 3.47. The number of rotatable bonds is 3. The maximum absolute atomic E-state index is 12.3. The van der Waals surface area contributed by atoms with Gasteiger partial charge < -0.3 is 10.6 Å². The highest BCUT2D eigenvalue weighted by molar-refractivity contribution is 7.38. The summed E-state index contributed by atoms with van der Waals surface area (Å²) in [6, 6.07) is 0. The van der Waals surface area contributed by atoms with Gasteiger partial charge in [0.1, 0.15) is 6.17 Å². The molecule has 0 fully saturated rings. The van der Waals surface area contributed by atoms with Crippen LogP contribution in [0.15, 0.2) is 0 Å². The van der Waals surface area contributed by atoms with Crippen molar-refractivity contribution in [1.82, 2.24) is 0 Å². The Morgan fingerprint density at radius 2 is 2.33 bits per heavy atom. The minimum atomic E-state index is -2.73. The van der Waals surface area contributed by atoms with Crippen LogP contribution in [-0.2, 0) is 4.57 Å². The minimum Gasteiger partial charge on any atom is -0.346 e. The van der Waals surface area contributed by atoms with E-state index in [-0.39, 0.29) is 6.54 Å². The Morgan fingerprint density at radius 3 is 2.44 bits per heavy atom. The van der Waals surface area contributed by atoms with Gasteiger partial charge in [-0.2, -0.15) is 0 Å². The van der Waals surface area contributed by atoms with Gasteiger partial charge in [0.15, 0.2) is 8.03 Å². The van der Waals surface area contributed by atoms with Gasteiger partial charge in [-0.1, -0.05) is 6.92 Å². The summed E-state index contributed by atoms with van der Waals surface area (Å²) >= 11 is 0. The van der Waals surface area contributed by atoms with Gasteiger partial charge in [-0.25, -0.2) is 4.39 Å². The van der Waals surface area contributed by atoms with Crippen LogP contribution in [0.2, 0.25) is 0 Å². The van der Waals surface area contributed by atoms with Crippen molar-refractivity contribution >= 4 is 8.03 Å². The predicted octanol–water partition coefficient (Wildman–Crippen LogP) is 0.139. The van der Waals surface area contributed by atoms with Crippen LogP contribution in [0.5, 0.6) is 0 Å². The molecule has 0 heterocycles. The van der Waals surface area contributed by atoms with Crippen LogP contribution in [-0.4, -0.2) is 23.3 Å². The van der Waals surface area contributed by atoms with Crippen molar-refractivity contribution in [2.24, 2.45) is 5.73 Å². The highest BCUT2D eigenvalue weighted by atomic mass is 31.1. The van der Waals surface area contributed by atoms with Crippen molar-refractivity contribution in [2.45, 2.75) is 18.8 Å². The molecule has 3 unspecified atom stereocenters. The zero-order valence-electron chi connectivity index (χ0n) is 5.17. The van der Waals surface area contributed by atoms with Crippen LogP contribution in [0, 0.1) is 0 Å². The first-order valence-electron chi connectivity index (χ1n) is 2.66. The van der Waals surface area contributed by atoms with Gasteiger partial charge in [-0.3, -0.25) is 4.57 Å². The van der Waals surface area contributed by atoms with Gasteiger partial charge in [0.05, 0.1) is 5.66 Å². The summed E-state index contributed by atoms with van der Waals surface area (Å²) in [5.41, 5.74) is 4.10. The van der Waals surface area contributed by atoms with Crippen molar-refractivity contribution in [3.05, 3.63) is 0 Å². The fourth-order valence-corrected chi connectivity index (χ4v) is 0.804. The third-order valence-corrected chi connectivity index (χ3v) is 2.30. The molecule has 0 aromatic heterocycles. The summed E-state index contributed by atoms with van der Waals surface area (Å²) in [5.74, 6) is 0. The summed E-state index contributed by atoms with van der Waals surface area (Å²) in [5, 5.41) is 0. The third kappa shape index (κ3) is 2.94. The van der Waals surface area contributed by atoms with Crippen molar-refractivity contribution in [1.29, 1.82) is 0 Å². The lowest BCUT2D eigenvalue weighted by Crippen LogP contribution is -2.24. The molecule has 0 aliphatic carbocycles. The Labute approximate surface area is 53.9 Å². The molecule has 3 atom stereocenters. The van der Waals surface area contributed by atoms with E-state index in [4.69, 9.17) is 10.6 Å². The summed E-state index contributed by atoms with van der Waals surface area (Å²) in [4.78, 5) is 8.37. The Bertz CT molecular complexity index is 111. The van der Waals surface area contributed by atoms with Crippen LogP contribution < -0.4 is 5.73 Å². The molecule has 5 heteroatoms. The van der Waals surface area contributed by atoms with Crippen LogP contribution in [0.25, 0.3) is 0 Å². The summed E-state index contributed by atoms with van der Waals surface area (Å²) in [6.45, 7) is 1.19. The van der Waals surface area contributed by atoms with Crippen molar-refractivity contribution in [3.63, 3.8) is 0 Å². The normalized spacial score (nSPS) is 20.9. The van der Waals surface area contributed by atoms with Crippen LogP contribution in [0.3, 0.4) is 0 Å². The monoisotopic (exact) mass is 155 g/mol. The van der Waals surface area contributed by atoms with Crippen LogP contribution in [0.1, 0.15) is 6.92 Å². The van der Waals surface area contributed by atoms with E-state index in [1.54, 1.807) is 0 Å². The number of nitrogens with two attached hydrogens (primary N) is 1. The summed E-state index contributed by atoms with van der Waals surface area (Å²) in [7, 11) is -2.73. The second-order valence-electron chi connectivity index (χ2n) is 1.88. The first-order chi connectivity index (χ1) is 4.09. The molecule has 0 radical (unpaired) electrons. The molecule has 0 spiro atoms. The van der Waals surface area contributed by atoms with E-state index in [1.807, 2.05) is 0 Å². The number of hydrogen-bond donors (Lipinski definition) is 2. The maximum atomic E-state index is 12.3. The highest BCUT2D eigenvalue weighted by Crippen LogP contribution is 2.25.